The van der Waals surface area contributed by atoms with E-state index >= 15 is 0 Å². The Balaban J connectivity index is 2.10. The first kappa shape index (κ1) is 14.4. The van der Waals surface area contributed by atoms with Gasteiger partial charge in [-0.15, -0.1) is 11.3 Å². The van der Waals surface area contributed by atoms with Crippen LogP contribution in [0.2, 0.25) is 0 Å². The summed E-state index contributed by atoms with van der Waals surface area (Å²) in [5.74, 6) is 0.974. The molecule has 2 heterocycles. The third kappa shape index (κ3) is 4.30. The second kappa shape index (κ2) is 6.99. The number of rotatable bonds is 7. The van der Waals surface area contributed by atoms with Crippen LogP contribution in [0.5, 0.6) is 6.01 Å². The molecule has 8 heteroatoms. The molecule has 0 unspecified atom stereocenters. The fourth-order valence-electron chi connectivity index (χ4n) is 1.43. The Morgan fingerprint density at radius 2 is 1.95 bits per heavy atom. The molecule has 0 spiro atoms. The number of nitrogens with one attached hydrogen (secondary N) is 2. The van der Waals surface area contributed by atoms with E-state index in [0.29, 0.717) is 24.5 Å². The van der Waals surface area contributed by atoms with Crippen molar-refractivity contribution in [3.63, 3.8) is 0 Å². The Kier molecular flexibility index (Phi) is 5.05. The summed E-state index contributed by atoms with van der Waals surface area (Å²) in [6, 6.07) is 0.313. The summed E-state index contributed by atoms with van der Waals surface area (Å²) in [5.41, 5.74) is 0. The Labute approximate surface area is 121 Å². The molecule has 0 fully saturated rings. The third-order valence-electron chi connectivity index (χ3n) is 2.17. The lowest BCUT2D eigenvalue weighted by Crippen LogP contribution is -2.13. The second-order valence-electron chi connectivity index (χ2n) is 4.24. The van der Waals surface area contributed by atoms with Gasteiger partial charge in [-0.1, -0.05) is 0 Å². The van der Waals surface area contributed by atoms with Crippen LogP contribution >= 0.6 is 11.3 Å². The predicted octanol–water partition coefficient (Wildman–Crippen LogP) is 2.16. The van der Waals surface area contributed by atoms with Gasteiger partial charge in [0.15, 0.2) is 0 Å². The lowest BCUT2D eigenvalue weighted by Gasteiger charge is -2.11. The average Bonchev–Trinajstić information content (AvgIpc) is 2.89. The summed E-state index contributed by atoms with van der Waals surface area (Å²) in [4.78, 5) is 16.9. The molecule has 2 aromatic rings. The van der Waals surface area contributed by atoms with E-state index in [4.69, 9.17) is 4.74 Å². The first-order valence-electron chi connectivity index (χ1n) is 6.46. The normalized spacial score (nSPS) is 10.6. The van der Waals surface area contributed by atoms with Crippen molar-refractivity contribution in [2.45, 2.75) is 33.4 Å². The fourth-order valence-corrected chi connectivity index (χ4v) is 1.99. The molecule has 0 amide bonds. The molecular formula is C12H18N6OS. The minimum atomic E-state index is 0.0127. The minimum absolute atomic E-state index is 0.0127. The molecule has 0 aliphatic rings. The number of aromatic nitrogens is 4. The molecule has 2 rings (SSSR count). The largest absolute Gasteiger partial charge is 0.461 e. The van der Waals surface area contributed by atoms with Gasteiger partial charge in [0.2, 0.25) is 11.9 Å². The van der Waals surface area contributed by atoms with Crippen LogP contribution in [0.25, 0.3) is 0 Å². The van der Waals surface area contributed by atoms with Crippen LogP contribution in [-0.2, 0) is 6.54 Å². The van der Waals surface area contributed by atoms with Crippen LogP contribution in [0, 0.1) is 0 Å². The van der Waals surface area contributed by atoms with E-state index < -0.39 is 0 Å². The van der Waals surface area contributed by atoms with E-state index in [0.717, 1.165) is 11.6 Å². The Bertz CT molecular complexity index is 531. The quantitative estimate of drug-likeness (QED) is 0.809. The van der Waals surface area contributed by atoms with Crippen molar-refractivity contribution in [2.24, 2.45) is 0 Å². The maximum absolute atomic E-state index is 5.52. The van der Waals surface area contributed by atoms with Crippen LogP contribution in [0.3, 0.4) is 0 Å². The molecule has 0 atom stereocenters. The van der Waals surface area contributed by atoms with Crippen molar-refractivity contribution in [3.8, 4) is 6.01 Å². The zero-order valence-electron chi connectivity index (χ0n) is 11.8. The first-order chi connectivity index (χ1) is 9.67. The molecule has 7 nitrogen and oxygen atoms in total. The van der Waals surface area contributed by atoms with Gasteiger partial charge in [0.1, 0.15) is 5.01 Å². The molecule has 0 saturated carbocycles. The van der Waals surface area contributed by atoms with E-state index in [9.17, 15) is 0 Å². The van der Waals surface area contributed by atoms with E-state index in [1.807, 2.05) is 26.2 Å². The van der Waals surface area contributed by atoms with Crippen LogP contribution in [0.1, 0.15) is 25.8 Å². The van der Waals surface area contributed by atoms with Gasteiger partial charge in [-0.05, 0) is 20.8 Å². The zero-order chi connectivity index (χ0) is 14.4. The van der Waals surface area contributed by atoms with Crippen molar-refractivity contribution < 1.29 is 4.74 Å². The SMILES string of the molecule is CCNc1nc(NCc2nccs2)nc(OC(C)C)n1. The third-order valence-corrected chi connectivity index (χ3v) is 2.95. The zero-order valence-corrected chi connectivity index (χ0v) is 12.6. The van der Waals surface area contributed by atoms with E-state index in [-0.39, 0.29) is 6.10 Å². The molecule has 0 aliphatic heterocycles. The van der Waals surface area contributed by atoms with Crippen LogP contribution in [0.15, 0.2) is 11.6 Å². The van der Waals surface area contributed by atoms with Crippen LogP contribution in [0.4, 0.5) is 11.9 Å². The Hall–Kier alpha value is -1.96. The summed E-state index contributed by atoms with van der Waals surface area (Å²) < 4.78 is 5.52. The Morgan fingerprint density at radius 3 is 2.55 bits per heavy atom. The fraction of sp³-hybridized carbons (Fsp3) is 0.500. The topological polar surface area (TPSA) is 84.9 Å². The van der Waals surface area contributed by atoms with Gasteiger partial charge in [-0.3, -0.25) is 0 Å². The standard InChI is InChI=1S/C12H18N6OS/c1-4-13-10-16-11(15-7-9-14-5-6-20-9)18-12(17-10)19-8(2)3/h5-6,8H,4,7H2,1-3H3,(H2,13,15,16,17,18). The van der Waals surface area contributed by atoms with Crippen molar-refractivity contribution >= 4 is 23.2 Å². The minimum Gasteiger partial charge on any atom is -0.461 e. The highest BCUT2D eigenvalue weighted by molar-refractivity contribution is 7.09. The summed E-state index contributed by atoms with van der Waals surface area (Å²) in [7, 11) is 0. The molecule has 0 aromatic carbocycles. The van der Waals surface area contributed by atoms with E-state index in [1.54, 1.807) is 17.5 Å². The monoisotopic (exact) mass is 294 g/mol. The maximum Gasteiger partial charge on any atom is 0.323 e. The first-order valence-corrected chi connectivity index (χ1v) is 7.34. The highest BCUT2D eigenvalue weighted by Crippen LogP contribution is 2.14. The second-order valence-corrected chi connectivity index (χ2v) is 5.22. The highest BCUT2D eigenvalue weighted by atomic mass is 32.1. The number of hydrogen-bond donors (Lipinski definition) is 2. The van der Waals surface area contributed by atoms with Gasteiger partial charge in [-0.2, -0.15) is 15.0 Å². The smallest absolute Gasteiger partial charge is 0.323 e. The van der Waals surface area contributed by atoms with Gasteiger partial charge in [0, 0.05) is 18.1 Å². The molecule has 0 radical (unpaired) electrons. The number of anilines is 2. The van der Waals surface area contributed by atoms with Crippen LogP contribution < -0.4 is 15.4 Å². The van der Waals surface area contributed by atoms with Gasteiger partial charge >= 0.3 is 6.01 Å². The van der Waals surface area contributed by atoms with Crippen molar-refractivity contribution in [1.82, 2.24) is 19.9 Å². The van der Waals surface area contributed by atoms with Crippen LogP contribution in [-0.4, -0.2) is 32.6 Å². The highest BCUT2D eigenvalue weighted by Gasteiger charge is 2.09. The molecule has 2 N–H and O–H groups in total. The number of thiazole rings is 1. The number of nitrogens with zero attached hydrogens (tertiary/aromatic N) is 4. The predicted molar refractivity (Wildman–Crippen MR) is 79.2 cm³/mol. The lowest BCUT2D eigenvalue weighted by molar-refractivity contribution is 0.222. The van der Waals surface area contributed by atoms with Gasteiger partial charge in [-0.25, -0.2) is 4.98 Å². The Morgan fingerprint density at radius 1 is 1.20 bits per heavy atom. The molecule has 20 heavy (non-hydrogen) atoms. The maximum atomic E-state index is 5.52. The summed E-state index contributed by atoms with van der Waals surface area (Å²) in [5, 5.41) is 9.09. The molecule has 0 bridgehead atoms. The lowest BCUT2D eigenvalue weighted by atomic mass is 10.5. The van der Waals surface area contributed by atoms with Crippen molar-refractivity contribution in [2.75, 3.05) is 17.2 Å². The summed E-state index contributed by atoms with van der Waals surface area (Å²) in [6.07, 6.45) is 1.78. The number of ether oxygens (including phenoxy) is 1. The molecule has 2 aromatic heterocycles. The van der Waals surface area contributed by atoms with E-state index in [1.165, 1.54) is 0 Å². The van der Waals surface area contributed by atoms with Crippen molar-refractivity contribution in [1.29, 1.82) is 0 Å². The van der Waals surface area contributed by atoms with E-state index in [2.05, 4.69) is 30.6 Å². The molecule has 108 valence electrons. The molecule has 0 saturated heterocycles. The summed E-state index contributed by atoms with van der Waals surface area (Å²) in [6.45, 7) is 7.15. The molecule has 0 aliphatic carbocycles. The molecular weight excluding hydrogens is 276 g/mol. The summed E-state index contributed by atoms with van der Waals surface area (Å²) >= 11 is 1.58. The average molecular weight is 294 g/mol. The van der Waals surface area contributed by atoms with Gasteiger partial charge < -0.3 is 15.4 Å². The van der Waals surface area contributed by atoms with Gasteiger partial charge in [0.05, 0.1) is 12.6 Å². The van der Waals surface area contributed by atoms with Gasteiger partial charge in [0.25, 0.3) is 0 Å². The number of hydrogen-bond acceptors (Lipinski definition) is 8. The van der Waals surface area contributed by atoms with Crippen molar-refractivity contribution in [3.05, 3.63) is 16.6 Å².